The van der Waals surface area contributed by atoms with Gasteiger partial charge in [0.05, 0.1) is 0 Å². The van der Waals surface area contributed by atoms with Crippen LogP contribution in [0.25, 0.3) is 0 Å². The number of hydrogen-bond donors (Lipinski definition) is 2. The number of benzene rings is 3. The van der Waals surface area contributed by atoms with Crippen molar-refractivity contribution in [2.45, 2.75) is 19.0 Å². The van der Waals surface area contributed by atoms with Gasteiger partial charge in [0, 0.05) is 26.2 Å². The predicted octanol–water partition coefficient (Wildman–Crippen LogP) is 4.43. The molecule has 2 atom stereocenters. The fourth-order valence-corrected chi connectivity index (χ4v) is 3.95. The Labute approximate surface area is 193 Å². The molecule has 1 heterocycles. The van der Waals surface area contributed by atoms with Crippen molar-refractivity contribution in [2.75, 3.05) is 0 Å². The third kappa shape index (κ3) is 4.86. The van der Waals surface area contributed by atoms with Crippen LogP contribution in [0, 0.1) is 6.92 Å². The molecule has 0 aromatic heterocycles. The topological polar surface area (TPSA) is 61.2 Å². The van der Waals surface area contributed by atoms with Crippen molar-refractivity contribution in [3.63, 3.8) is 0 Å². The Morgan fingerprint density at radius 3 is 2.48 bits per heavy atom. The maximum atomic E-state index is 12.9. The molecule has 2 N–H and O–H groups in total. The van der Waals surface area contributed by atoms with Gasteiger partial charge in [-0.25, -0.2) is 0 Å². The highest BCUT2D eigenvalue weighted by atomic mass is 79.9. The van der Waals surface area contributed by atoms with E-state index in [1.165, 1.54) is 0 Å². The first-order valence-corrected chi connectivity index (χ1v) is 10.9. The minimum atomic E-state index is -0.777. The van der Waals surface area contributed by atoms with Crippen LogP contribution in [-0.4, -0.2) is 28.8 Å². The van der Waals surface area contributed by atoms with Gasteiger partial charge < -0.3 is 5.32 Å². The van der Waals surface area contributed by atoms with Crippen LogP contribution in [0.3, 0.4) is 0 Å². The van der Waals surface area contributed by atoms with E-state index in [4.69, 9.17) is 11.6 Å². The van der Waals surface area contributed by atoms with Gasteiger partial charge in [-0.3, -0.25) is 9.59 Å². The maximum absolute atomic E-state index is 12.9. The zero-order chi connectivity index (χ0) is 22.0. The first-order chi connectivity index (χ1) is 14.9. The number of carbonyl (C=O) groups excluding carboxylic acids is 2. The lowest BCUT2D eigenvalue weighted by Crippen LogP contribution is -2.42. The number of nitrogens with zero attached hydrogens (tertiary/aromatic N) is 1. The Morgan fingerprint density at radius 1 is 1.10 bits per heavy atom. The van der Waals surface area contributed by atoms with Crippen molar-refractivity contribution in [3.05, 3.63) is 105 Å². The molecule has 0 radical (unpaired) electrons. The summed E-state index contributed by atoms with van der Waals surface area (Å²) in [4.78, 5) is 25.8. The number of carbonyl (C=O) groups is 2. The van der Waals surface area contributed by atoms with Crippen LogP contribution in [-0.2, 0) is 4.79 Å². The van der Waals surface area contributed by atoms with Gasteiger partial charge in [-0.05, 0) is 55.5 Å². The predicted molar refractivity (Wildman–Crippen MR) is 124 cm³/mol. The maximum Gasteiger partial charge on any atom is 0.304 e. The number of halogens is 2. The highest BCUT2D eigenvalue weighted by Gasteiger charge is 2.47. The van der Waals surface area contributed by atoms with Crippen molar-refractivity contribution < 1.29 is 14.3 Å². The standard InChI is InChI=1S/C24H19BrClN3O2/c1-15-3-2-4-18(13-15)23(30)27-21-22(17-7-11-20(26)12-8-17)29(28-24(21)31)14-16-5-9-19(25)10-6-16/h2-14,21-22H,1H3,(H-,27,28,30,31)/p+1/b29-14-/t21-,22+/m1/s1. The zero-order valence-corrected chi connectivity index (χ0v) is 19.0. The molecule has 31 heavy (non-hydrogen) atoms. The quantitative estimate of drug-likeness (QED) is 0.524. The summed E-state index contributed by atoms with van der Waals surface area (Å²) in [6, 6.07) is 21.1. The third-order valence-corrected chi connectivity index (χ3v) is 5.85. The normalized spacial score (nSPS) is 19.3. The number of hydrazine groups is 1. The van der Waals surface area contributed by atoms with E-state index in [0.717, 1.165) is 21.2 Å². The molecule has 5 nitrogen and oxygen atoms in total. The lowest BCUT2D eigenvalue weighted by molar-refractivity contribution is -0.596. The minimum absolute atomic E-state index is 0.283. The second-order valence-electron chi connectivity index (χ2n) is 7.38. The van der Waals surface area contributed by atoms with Gasteiger partial charge in [-0.1, -0.05) is 57.4 Å². The summed E-state index contributed by atoms with van der Waals surface area (Å²) >= 11 is 9.50. The largest absolute Gasteiger partial charge is 0.334 e. The summed E-state index contributed by atoms with van der Waals surface area (Å²) in [5.74, 6) is -0.581. The molecule has 0 saturated carbocycles. The molecule has 1 fully saturated rings. The summed E-state index contributed by atoms with van der Waals surface area (Å²) in [6.45, 7) is 1.92. The number of amides is 2. The molecule has 2 amide bonds. The Kier molecular flexibility index (Phi) is 6.20. The van der Waals surface area contributed by atoms with E-state index in [2.05, 4.69) is 26.7 Å². The molecule has 7 heteroatoms. The Balaban J connectivity index is 1.70. The summed E-state index contributed by atoms with van der Waals surface area (Å²) in [6.07, 6.45) is 1.85. The van der Waals surface area contributed by atoms with Crippen molar-refractivity contribution in [3.8, 4) is 0 Å². The second kappa shape index (κ2) is 9.04. The number of nitrogens with one attached hydrogen (secondary N) is 2. The number of hydrogen-bond acceptors (Lipinski definition) is 2. The van der Waals surface area contributed by atoms with E-state index in [1.807, 2.05) is 61.7 Å². The molecule has 0 unspecified atom stereocenters. The molecule has 4 rings (SSSR count). The van der Waals surface area contributed by atoms with Crippen molar-refractivity contribution in [1.29, 1.82) is 0 Å². The van der Waals surface area contributed by atoms with Gasteiger partial charge in [0.15, 0.2) is 6.04 Å². The molecule has 1 aliphatic heterocycles. The van der Waals surface area contributed by atoms with Crippen molar-refractivity contribution in [2.24, 2.45) is 0 Å². The number of rotatable bonds is 4. The zero-order valence-electron chi connectivity index (χ0n) is 16.7. The van der Waals surface area contributed by atoms with E-state index in [9.17, 15) is 9.59 Å². The summed E-state index contributed by atoms with van der Waals surface area (Å²) in [7, 11) is 0. The van der Waals surface area contributed by atoms with Gasteiger partial charge in [-0.15, -0.1) is 10.1 Å². The average Bonchev–Trinajstić information content (AvgIpc) is 3.05. The summed E-state index contributed by atoms with van der Waals surface area (Å²) < 4.78 is 2.70. The molecule has 3 aromatic rings. The van der Waals surface area contributed by atoms with E-state index in [0.29, 0.717) is 10.6 Å². The Bertz CT molecular complexity index is 1160. The fraction of sp³-hybridized carbons (Fsp3) is 0.125. The van der Waals surface area contributed by atoms with Crippen LogP contribution < -0.4 is 10.7 Å². The lowest BCUT2D eigenvalue weighted by atomic mass is 9.99. The molecule has 3 aromatic carbocycles. The third-order valence-electron chi connectivity index (χ3n) is 5.07. The minimum Gasteiger partial charge on any atom is -0.334 e. The van der Waals surface area contributed by atoms with Crippen LogP contribution in [0.5, 0.6) is 0 Å². The summed E-state index contributed by atoms with van der Waals surface area (Å²) in [5, 5.41) is 3.51. The molecule has 0 bridgehead atoms. The van der Waals surface area contributed by atoms with Gasteiger partial charge in [-0.2, -0.15) is 0 Å². The number of aryl methyl sites for hydroxylation is 1. The monoisotopic (exact) mass is 496 g/mol. The lowest BCUT2D eigenvalue weighted by Gasteiger charge is -2.15. The van der Waals surface area contributed by atoms with Gasteiger partial charge >= 0.3 is 5.91 Å². The fourth-order valence-electron chi connectivity index (χ4n) is 3.56. The molecular formula is C24H20BrClN3O2+. The second-order valence-corrected chi connectivity index (χ2v) is 8.73. The van der Waals surface area contributed by atoms with E-state index in [-0.39, 0.29) is 11.8 Å². The highest BCUT2D eigenvalue weighted by Crippen LogP contribution is 2.27. The molecule has 156 valence electrons. The van der Waals surface area contributed by atoms with Gasteiger partial charge in [0.25, 0.3) is 5.91 Å². The molecule has 0 aliphatic carbocycles. The first-order valence-electron chi connectivity index (χ1n) is 9.73. The van der Waals surface area contributed by atoms with Crippen LogP contribution in [0.2, 0.25) is 5.02 Å². The molecule has 0 spiro atoms. The van der Waals surface area contributed by atoms with Crippen LogP contribution in [0.4, 0.5) is 0 Å². The van der Waals surface area contributed by atoms with E-state index < -0.39 is 12.1 Å². The van der Waals surface area contributed by atoms with Crippen molar-refractivity contribution >= 4 is 45.6 Å². The van der Waals surface area contributed by atoms with Gasteiger partial charge in [0.1, 0.15) is 0 Å². The first kappa shape index (κ1) is 21.3. The van der Waals surface area contributed by atoms with Crippen LogP contribution >= 0.6 is 27.5 Å². The highest BCUT2D eigenvalue weighted by molar-refractivity contribution is 9.10. The average molecular weight is 498 g/mol. The van der Waals surface area contributed by atoms with Crippen LogP contribution in [0.15, 0.2) is 77.3 Å². The Hall–Kier alpha value is -2.96. The molecule has 1 saturated heterocycles. The van der Waals surface area contributed by atoms with E-state index in [1.54, 1.807) is 28.9 Å². The van der Waals surface area contributed by atoms with Crippen molar-refractivity contribution in [1.82, 2.24) is 10.7 Å². The Morgan fingerprint density at radius 2 is 1.81 bits per heavy atom. The molecule has 1 aliphatic rings. The van der Waals surface area contributed by atoms with Gasteiger partial charge in [0.2, 0.25) is 12.3 Å². The van der Waals surface area contributed by atoms with Crippen LogP contribution in [0.1, 0.15) is 33.1 Å². The molecular weight excluding hydrogens is 478 g/mol. The smallest absolute Gasteiger partial charge is 0.304 e. The number of hydrazone groups is 1. The SMILES string of the molecule is Cc1cccc(C(=O)N[C@H]2C(=O)N/[N+](=C\c3ccc(Br)cc3)[C@H]2c2ccc(Cl)cc2)c1. The summed E-state index contributed by atoms with van der Waals surface area (Å²) in [5.41, 5.74) is 6.13. The van der Waals surface area contributed by atoms with E-state index >= 15 is 0 Å².